The molecule has 9 nitrogen and oxygen atoms in total. The van der Waals surface area contributed by atoms with Gasteiger partial charge in [0.1, 0.15) is 6.61 Å². The van der Waals surface area contributed by atoms with Crippen molar-refractivity contribution < 1.29 is 19.1 Å². The van der Waals surface area contributed by atoms with Crippen LogP contribution >= 0.6 is 11.6 Å². The van der Waals surface area contributed by atoms with Crippen LogP contribution in [-0.2, 0) is 27.3 Å². The molecule has 1 heterocycles. The van der Waals surface area contributed by atoms with Gasteiger partial charge in [-0.2, -0.15) is 5.26 Å². The van der Waals surface area contributed by atoms with Crippen LogP contribution in [0.1, 0.15) is 37.3 Å². The van der Waals surface area contributed by atoms with E-state index in [4.69, 9.17) is 27.3 Å². The van der Waals surface area contributed by atoms with Crippen molar-refractivity contribution >= 4 is 35.2 Å². The largest absolute Gasteiger partial charge is 0.448 e. The van der Waals surface area contributed by atoms with E-state index in [0.29, 0.717) is 10.7 Å². The van der Waals surface area contributed by atoms with E-state index in [9.17, 15) is 14.4 Å². The van der Waals surface area contributed by atoms with Crippen molar-refractivity contribution in [3.05, 3.63) is 64.7 Å². The van der Waals surface area contributed by atoms with Crippen LogP contribution in [0, 0.1) is 16.7 Å². The van der Waals surface area contributed by atoms with Crippen molar-refractivity contribution in [2.45, 2.75) is 45.2 Å². The van der Waals surface area contributed by atoms with Crippen LogP contribution < -0.4 is 16.4 Å². The Balaban J connectivity index is 1.68. The van der Waals surface area contributed by atoms with Crippen LogP contribution in [0.15, 0.2) is 48.5 Å². The van der Waals surface area contributed by atoms with Gasteiger partial charge in [-0.25, -0.2) is 4.79 Å². The molecule has 0 aliphatic carbocycles. The van der Waals surface area contributed by atoms with Gasteiger partial charge >= 0.3 is 6.09 Å². The molecule has 1 aliphatic heterocycles. The number of nitrogens with one attached hydrogen (secondary N) is 2. The van der Waals surface area contributed by atoms with Gasteiger partial charge in [0, 0.05) is 30.3 Å². The highest BCUT2D eigenvalue weighted by atomic mass is 35.5. The number of nitrogens with two attached hydrogens (primary N) is 1. The Labute approximate surface area is 221 Å². The maximum absolute atomic E-state index is 13.4. The molecule has 3 rings (SSSR count). The molecule has 3 amide bonds. The second-order valence-corrected chi connectivity index (χ2v) is 9.51. The summed E-state index contributed by atoms with van der Waals surface area (Å²) in [5.74, 6) is -0.623. The molecule has 37 heavy (non-hydrogen) atoms. The van der Waals surface area contributed by atoms with E-state index >= 15 is 0 Å². The molecule has 2 aromatic carbocycles. The average Bonchev–Trinajstić information content (AvgIpc) is 2.91. The predicted molar refractivity (Wildman–Crippen MR) is 141 cm³/mol. The molecule has 196 valence electrons. The summed E-state index contributed by atoms with van der Waals surface area (Å²) in [6.45, 7) is 2.60. The molecule has 1 fully saturated rings. The number of ether oxygens (including phenoxy) is 1. The zero-order chi connectivity index (χ0) is 26.8. The highest BCUT2D eigenvalue weighted by Crippen LogP contribution is 2.33. The minimum absolute atomic E-state index is 0.0820. The fourth-order valence-electron chi connectivity index (χ4n) is 4.20. The first-order valence-corrected chi connectivity index (χ1v) is 12.6. The summed E-state index contributed by atoms with van der Waals surface area (Å²) in [6, 6.07) is 15.6. The number of likely N-dealkylation sites (tertiary alicyclic amines) is 1. The van der Waals surface area contributed by atoms with E-state index in [-0.39, 0.29) is 57.3 Å². The molecule has 1 saturated heterocycles. The number of carbonyl (C=O) groups is 3. The van der Waals surface area contributed by atoms with Gasteiger partial charge in [-0.05, 0) is 48.6 Å². The molecule has 0 radical (unpaired) electrons. The van der Waals surface area contributed by atoms with Gasteiger partial charge in [0.05, 0.1) is 23.9 Å². The Bertz CT molecular complexity index is 1140. The Morgan fingerprint density at radius 2 is 1.84 bits per heavy atom. The number of nitriles is 1. The number of hydrogen-bond acceptors (Lipinski definition) is 6. The van der Waals surface area contributed by atoms with Gasteiger partial charge in [0.25, 0.3) is 0 Å². The Morgan fingerprint density at radius 3 is 2.46 bits per heavy atom. The Hall–Kier alpha value is -3.61. The molecule has 1 unspecified atom stereocenters. The summed E-state index contributed by atoms with van der Waals surface area (Å²) in [7, 11) is 0. The standard InChI is InChI=1S/C27H32ClN5O4/c1-2-19-7-9-21(10-8-19)32-26(36)37-18-27(25(35)31-17-20-5-3-4-6-22(20)28)12-15-33(16-13-27)24(34)23(30)11-14-29/h3-10,23H,2,11-13,15-18,30H2,1H3,(H,31,35)(H,32,36). The third-order valence-corrected chi connectivity index (χ3v) is 7.00. The second-order valence-electron chi connectivity index (χ2n) is 9.10. The topological polar surface area (TPSA) is 138 Å². The maximum atomic E-state index is 13.4. The van der Waals surface area contributed by atoms with Gasteiger partial charge in [-0.15, -0.1) is 0 Å². The number of benzene rings is 2. The smallest absolute Gasteiger partial charge is 0.411 e. The molecule has 0 aromatic heterocycles. The van der Waals surface area contributed by atoms with E-state index in [1.54, 1.807) is 29.2 Å². The molecule has 1 atom stereocenters. The third kappa shape index (κ3) is 7.44. The number of amides is 3. The minimum atomic E-state index is -1.04. The number of piperidine rings is 1. The quantitative estimate of drug-likeness (QED) is 0.457. The van der Waals surface area contributed by atoms with Crippen molar-refractivity contribution in [3.8, 4) is 6.07 Å². The Kier molecular flexibility index (Phi) is 9.89. The van der Waals surface area contributed by atoms with Gasteiger partial charge in [-0.3, -0.25) is 14.9 Å². The van der Waals surface area contributed by atoms with Crippen LogP contribution in [0.4, 0.5) is 10.5 Å². The van der Waals surface area contributed by atoms with Crippen LogP contribution in [0.3, 0.4) is 0 Å². The summed E-state index contributed by atoms with van der Waals surface area (Å²) in [6.07, 6.45) is 0.672. The lowest BCUT2D eigenvalue weighted by atomic mass is 9.78. The first-order valence-electron chi connectivity index (χ1n) is 12.2. The number of aryl methyl sites for hydroxylation is 1. The molecule has 0 bridgehead atoms. The van der Waals surface area contributed by atoms with Crippen LogP contribution in [0.5, 0.6) is 0 Å². The van der Waals surface area contributed by atoms with Crippen molar-refractivity contribution in [3.63, 3.8) is 0 Å². The lowest BCUT2D eigenvalue weighted by molar-refractivity contribution is -0.143. The van der Waals surface area contributed by atoms with E-state index in [1.165, 1.54) is 0 Å². The van der Waals surface area contributed by atoms with Crippen molar-refractivity contribution in [1.29, 1.82) is 5.26 Å². The monoisotopic (exact) mass is 525 g/mol. The molecule has 0 spiro atoms. The molecular weight excluding hydrogens is 494 g/mol. The number of rotatable bonds is 9. The second kappa shape index (κ2) is 13.1. The van der Waals surface area contributed by atoms with E-state index < -0.39 is 17.6 Å². The van der Waals surface area contributed by atoms with Crippen molar-refractivity contribution in [2.24, 2.45) is 11.1 Å². The number of nitrogens with zero attached hydrogens (tertiary/aromatic N) is 2. The third-order valence-electron chi connectivity index (χ3n) is 6.63. The highest BCUT2D eigenvalue weighted by molar-refractivity contribution is 6.31. The normalized spacial score (nSPS) is 15.2. The van der Waals surface area contributed by atoms with Gasteiger partial charge in [0.15, 0.2) is 0 Å². The van der Waals surface area contributed by atoms with Crippen LogP contribution in [0.2, 0.25) is 5.02 Å². The summed E-state index contributed by atoms with van der Waals surface area (Å²) < 4.78 is 5.52. The van der Waals surface area contributed by atoms with E-state index in [1.807, 2.05) is 37.3 Å². The van der Waals surface area contributed by atoms with Crippen LogP contribution in [-0.4, -0.2) is 48.5 Å². The molecule has 2 aromatic rings. The minimum Gasteiger partial charge on any atom is -0.448 e. The number of hydrogen-bond donors (Lipinski definition) is 3. The van der Waals surface area contributed by atoms with Gasteiger partial charge < -0.3 is 20.7 Å². The van der Waals surface area contributed by atoms with Crippen molar-refractivity contribution in [2.75, 3.05) is 25.0 Å². The summed E-state index contributed by atoms with van der Waals surface area (Å²) in [4.78, 5) is 40.1. The maximum Gasteiger partial charge on any atom is 0.411 e. The van der Waals surface area contributed by atoms with Gasteiger partial charge in [0.2, 0.25) is 11.8 Å². The van der Waals surface area contributed by atoms with E-state index in [2.05, 4.69) is 10.6 Å². The molecule has 0 saturated carbocycles. The first-order chi connectivity index (χ1) is 17.8. The number of halogens is 1. The molecule has 10 heteroatoms. The van der Waals surface area contributed by atoms with Gasteiger partial charge in [-0.1, -0.05) is 48.9 Å². The SMILES string of the molecule is CCc1ccc(NC(=O)OCC2(C(=O)NCc3ccccc3Cl)CCN(C(=O)C(N)CC#N)CC2)cc1. The highest BCUT2D eigenvalue weighted by Gasteiger charge is 2.44. The summed E-state index contributed by atoms with van der Waals surface area (Å²) in [5.41, 5.74) is 7.27. The fraction of sp³-hybridized carbons (Fsp3) is 0.407. The molecular formula is C27H32ClN5O4. The van der Waals surface area contributed by atoms with E-state index in [0.717, 1.165) is 17.5 Å². The summed E-state index contributed by atoms with van der Waals surface area (Å²) in [5, 5.41) is 15.0. The zero-order valence-corrected chi connectivity index (χ0v) is 21.6. The predicted octanol–water partition coefficient (Wildman–Crippen LogP) is 3.62. The number of anilines is 1. The van der Waals surface area contributed by atoms with Crippen LogP contribution in [0.25, 0.3) is 0 Å². The first kappa shape index (κ1) is 28.0. The fourth-order valence-corrected chi connectivity index (χ4v) is 4.40. The summed E-state index contributed by atoms with van der Waals surface area (Å²) >= 11 is 6.23. The Morgan fingerprint density at radius 1 is 1.16 bits per heavy atom. The number of carbonyl (C=O) groups excluding carboxylic acids is 3. The lowest BCUT2D eigenvalue weighted by Crippen LogP contribution is -2.54. The lowest BCUT2D eigenvalue weighted by Gasteiger charge is -2.40. The molecule has 4 N–H and O–H groups in total. The average molecular weight is 526 g/mol. The van der Waals surface area contributed by atoms with Crippen molar-refractivity contribution in [1.82, 2.24) is 10.2 Å². The molecule has 1 aliphatic rings. The zero-order valence-electron chi connectivity index (χ0n) is 20.8.